The van der Waals surface area contributed by atoms with Crippen LogP contribution in [-0.2, 0) is 0 Å². The summed E-state index contributed by atoms with van der Waals surface area (Å²) in [4.78, 5) is 25.7. The quantitative estimate of drug-likeness (QED) is 0.847. The standard InChI is InChI=1S/C17H23F2NO3/c1-4-6-11(2)13-9-12(3)14(16(22)23-13)15(21)20-8-5-7-17(18,19)10-20/h9,11H,4-8,10H2,1-3H3. The Balaban J connectivity index is 2.29. The number of likely N-dealkylation sites (tertiary alicyclic amines) is 1. The van der Waals surface area contributed by atoms with Crippen LogP contribution in [0.1, 0.15) is 67.1 Å². The molecule has 23 heavy (non-hydrogen) atoms. The normalized spacial score (nSPS) is 18.7. The van der Waals surface area contributed by atoms with Crippen LogP contribution in [0.25, 0.3) is 0 Å². The van der Waals surface area contributed by atoms with Gasteiger partial charge in [-0.15, -0.1) is 0 Å². The van der Waals surface area contributed by atoms with Gasteiger partial charge in [0.1, 0.15) is 11.3 Å². The minimum absolute atomic E-state index is 0.0786. The number of carbonyl (C=O) groups is 1. The van der Waals surface area contributed by atoms with Gasteiger partial charge in [0.25, 0.3) is 11.8 Å². The predicted molar refractivity (Wildman–Crippen MR) is 83.1 cm³/mol. The molecule has 1 aromatic rings. The highest BCUT2D eigenvalue weighted by molar-refractivity contribution is 5.95. The number of amides is 1. The maximum atomic E-state index is 13.5. The maximum absolute atomic E-state index is 13.5. The summed E-state index contributed by atoms with van der Waals surface area (Å²) in [5.74, 6) is -2.94. The van der Waals surface area contributed by atoms with Crippen LogP contribution < -0.4 is 5.63 Å². The van der Waals surface area contributed by atoms with Crippen LogP contribution in [0.5, 0.6) is 0 Å². The third-order valence-corrected chi connectivity index (χ3v) is 4.27. The average molecular weight is 327 g/mol. The van der Waals surface area contributed by atoms with Crippen molar-refractivity contribution in [3.63, 3.8) is 0 Å². The molecule has 0 N–H and O–H groups in total. The first-order chi connectivity index (χ1) is 10.7. The summed E-state index contributed by atoms with van der Waals surface area (Å²) < 4.78 is 32.3. The summed E-state index contributed by atoms with van der Waals surface area (Å²) in [6.07, 6.45) is 1.83. The average Bonchev–Trinajstić information content (AvgIpc) is 2.45. The predicted octanol–water partition coefficient (Wildman–Crippen LogP) is 3.72. The molecule has 2 rings (SSSR count). The van der Waals surface area contributed by atoms with Gasteiger partial charge in [0, 0.05) is 18.9 Å². The van der Waals surface area contributed by atoms with Crippen molar-refractivity contribution in [2.24, 2.45) is 0 Å². The molecule has 1 atom stereocenters. The van der Waals surface area contributed by atoms with Gasteiger partial charge in [-0.1, -0.05) is 20.3 Å². The van der Waals surface area contributed by atoms with Gasteiger partial charge in [-0.3, -0.25) is 4.79 Å². The number of halogens is 2. The first-order valence-corrected chi connectivity index (χ1v) is 8.07. The smallest absolute Gasteiger partial charge is 0.349 e. The second-order valence-electron chi connectivity index (χ2n) is 6.37. The van der Waals surface area contributed by atoms with Crippen LogP contribution in [0.3, 0.4) is 0 Å². The second-order valence-corrected chi connectivity index (χ2v) is 6.37. The van der Waals surface area contributed by atoms with E-state index in [-0.39, 0.29) is 30.9 Å². The van der Waals surface area contributed by atoms with Crippen LogP contribution in [0.2, 0.25) is 0 Å². The lowest BCUT2D eigenvalue weighted by atomic mass is 9.99. The van der Waals surface area contributed by atoms with E-state index in [4.69, 9.17) is 4.42 Å². The van der Waals surface area contributed by atoms with Crippen molar-refractivity contribution in [1.29, 1.82) is 0 Å². The van der Waals surface area contributed by atoms with E-state index >= 15 is 0 Å². The highest BCUT2D eigenvalue weighted by atomic mass is 19.3. The lowest BCUT2D eigenvalue weighted by molar-refractivity contribution is -0.0561. The maximum Gasteiger partial charge on any atom is 0.349 e. The monoisotopic (exact) mass is 327 g/mol. The first kappa shape index (κ1) is 17.6. The summed E-state index contributed by atoms with van der Waals surface area (Å²) in [5.41, 5.74) is -0.380. The summed E-state index contributed by atoms with van der Waals surface area (Å²) in [6, 6.07) is 1.68. The van der Waals surface area contributed by atoms with Crippen molar-refractivity contribution < 1.29 is 18.0 Å². The molecule has 1 aliphatic heterocycles. The van der Waals surface area contributed by atoms with Crippen LogP contribution in [-0.4, -0.2) is 29.8 Å². The van der Waals surface area contributed by atoms with Crippen LogP contribution in [0.4, 0.5) is 8.78 Å². The fourth-order valence-electron chi connectivity index (χ4n) is 3.01. The molecule has 0 spiro atoms. The molecule has 0 bridgehead atoms. The molecule has 1 unspecified atom stereocenters. The molecular formula is C17H23F2NO3. The minimum atomic E-state index is -2.89. The first-order valence-electron chi connectivity index (χ1n) is 8.07. The van der Waals surface area contributed by atoms with Gasteiger partial charge in [-0.25, -0.2) is 13.6 Å². The van der Waals surface area contributed by atoms with Crippen molar-refractivity contribution in [2.75, 3.05) is 13.1 Å². The molecule has 1 aromatic heterocycles. The number of hydrogen-bond donors (Lipinski definition) is 0. The SMILES string of the molecule is CCCC(C)c1cc(C)c(C(=O)N2CCCC(F)(F)C2)c(=O)o1. The topological polar surface area (TPSA) is 50.5 Å². The van der Waals surface area contributed by atoms with Gasteiger partial charge in [0.05, 0.1) is 6.54 Å². The summed E-state index contributed by atoms with van der Waals surface area (Å²) in [6.45, 7) is 5.23. The number of carbonyl (C=O) groups excluding carboxylic acids is 1. The zero-order chi connectivity index (χ0) is 17.2. The molecule has 1 fully saturated rings. The van der Waals surface area contributed by atoms with Gasteiger partial charge < -0.3 is 9.32 Å². The summed E-state index contributed by atoms with van der Waals surface area (Å²) >= 11 is 0. The lowest BCUT2D eigenvalue weighted by Gasteiger charge is -2.32. The Kier molecular flexibility index (Phi) is 5.22. The summed E-state index contributed by atoms with van der Waals surface area (Å²) in [5, 5.41) is 0. The minimum Gasteiger partial charge on any atom is -0.427 e. The number of alkyl halides is 2. The van der Waals surface area contributed by atoms with Crippen LogP contribution in [0.15, 0.2) is 15.3 Å². The molecule has 4 nitrogen and oxygen atoms in total. The Morgan fingerprint density at radius 2 is 2.17 bits per heavy atom. The molecule has 0 radical (unpaired) electrons. The Bertz CT molecular complexity index is 639. The van der Waals surface area contributed by atoms with Gasteiger partial charge in [-0.2, -0.15) is 0 Å². The van der Waals surface area contributed by atoms with E-state index in [0.717, 1.165) is 17.7 Å². The molecule has 6 heteroatoms. The molecular weight excluding hydrogens is 304 g/mol. The van der Waals surface area contributed by atoms with E-state index < -0.39 is 24.0 Å². The van der Waals surface area contributed by atoms with Crippen LogP contribution >= 0.6 is 0 Å². The largest absolute Gasteiger partial charge is 0.427 e. The third kappa shape index (κ3) is 3.98. The zero-order valence-corrected chi connectivity index (χ0v) is 13.8. The fraction of sp³-hybridized carbons (Fsp3) is 0.647. The van der Waals surface area contributed by atoms with E-state index in [9.17, 15) is 18.4 Å². The Hall–Kier alpha value is -1.72. The Morgan fingerprint density at radius 1 is 1.48 bits per heavy atom. The van der Waals surface area contributed by atoms with Crippen molar-refractivity contribution >= 4 is 5.91 Å². The van der Waals surface area contributed by atoms with Crippen molar-refractivity contribution in [3.8, 4) is 0 Å². The molecule has 0 aliphatic carbocycles. The molecule has 1 amide bonds. The molecule has 0 saturated carbocycles. The van der Waals surface area contributed by atoms with Crippen molar-refractivity contribution in [1.82, 2.24) is 4.90 Å². The second kappa shape index (κ2) is 6.81. The summed E-state index contributed by atoms with van der Waals surface area (Å²) in [7, 11) is 0. The molecule has 128 valence electrons. The van der Waals surface area contributed by atoms with E-state index in [2.05, 4.69) is 0 Å². The number of piperidine rings is 1. The molecule has 1 saturated heterocycles. The van der Waals surface area contributed by atoms with Gasteiger partial charge in [-0.05, 0) is 31.4 Å². The third-order valence-electron chi connectivity index (χ3n) is 4.27. The number of nitrogens with zero attached hydrogens (tertiary/aromatic N) is 1. The lowest BCUT2D eigenvalue weighted by Crippen LogP contribution is -2.47. The van der Waals surface area contributed by atoms with Gasteiger partial charge >= 0.3 is 5.63 Å². The number of hydrogen-bond acceptors (Lipinski definition) is 3. The van der Waals surface area contributed by atoms with E-state index in [1.165, 1.54) is 0 Å². The Morgan fingerprint density at radius 3 is 2.74 bits per heavy atom. The van der Waals surface area contributed by atoms with Gasteiger partial charge in [0.15, 0.2) is 0 Å². The van der Waals surface area contributed by atoms with Crippen LogP contribution in [0, 0.1) is 6.92 Å². The van der Waals surface area contributed by atoms with E-state index in [0.29, 0.717) is 11.3 Å². The number of rotatable bonds is 4. The van der Waals surface area contributed by atoms with Crippen molar-refractivity contribution in [3.05, 3.63) is 33.4 Å². The van der Waals surface area contributed by atoms with Gasteiger partial charge in [0.2, 0.25) is 0 Å². The molecule has 0 aromatic carbocycles. The highest BCUT2D eigenvalue weighted by Crippen LogP contribution is 2.28. The highest BCUT2D eigenvalue weighted by Gasteiger charge is 2.38. The molecule has 2 heterocycles. The molecule has 1 aliphatic rings. The Labute approximate surface area is 134 Å². The van der Waals surface area contributed by atoms with E-state index in [1.807, 2.05) is 13.8 Å². The number of aryl methyl sites for hydroxylation is 1. The fourth-order valence-corrected chi connectivity index (χ4v) is 3.01. The van der Waals surface area contributed by atoms with E-state index in [1.54, 1.807) is 13.0 Å². The van der Waals surface area contributed by atoms with Crippen molar-refractivity contribution in [2.45, 2.75) is 58.3 Å². The zero-order valence-electron chi connectivity index (χ0n) is 13.8.